The molecule has 2 aromatic carbocycles. The molecule has 0 radical (unpaired) electrons. The Morgan fingerprint density at radius 2 is 1.77 bits per heavy atom. The first kappa shape index (κ1) is 27.7. The second-order valence-corrected chi connectivity index (χ2v) is 10.1. The predicted octanol–water partition coefficient (Wildman–Crippen LogP) is 2.73. The first-order chi connectivity index (χ1) is 19.4. The van der Waals surface area contributed by atoms with E-state index >= 15 is 0 Å². The summed E-state index contributed by atoms with van der Waals surface area (Å²) in [6, 6.07) is 17.2. The number of imidazole rings is 1. The fourth-order valence-electron chi connectivity index (χ4n) is 4.88. The van der Waals surface area contributed by atoms with Gasteiger partial charge in [0.1, 0.15) is 47.4 Å². The van der Waals surface area contributed by atoms with Gasteiger partial charge in [0.2, 0.25) is 0 Å². The molecule has 0 bridgehead atoms. The molecular weight excluding hydrogens is 512 g/mol. The third-order valence-corrected chi connectivity index (χ3v) is 7.04. The van der Waals surface area contributed by atoms with Gasteiger partial charge in [-0.05, 0) is 56.3 Å². The van der Waals surface area contributed by atoms with Crippen LogP contribution in [0.3, 0.4) is 0 Å². The van der Waals surface area contributed by atoms with E-state index in [-0.39, 0.29) is 11.6 Å². The normalized spacial score (nSPS) is 20.8. The summed E-state index contributed by atoms with van der Waals surface area (Å²) in [5.74, 6) is 1.93. The highest BCUT2D eigenvalue weighted by Gasteiger charge is 2.44. The van der Waals surface area contributed by atoms with Crippen molar-refractivity contribution in [1.82, 2.24) is 24.4 Å². The van der Waals surface area contributed by atoms with Crippen LogP contribution < -0.4 is 10.5 Å². The lowest BCUT2D eigenvalue weighted by Crippen LogP contribution is -2.38. The van der Waals surface area contributed by atoms with Gasteiger partial charge >= 0.3 is 0 Å². The molecule has 4 atom stereocenters. The number of benzene rings is 2. The molecule has 0 spiro atoms. The molecule has 0 amide bonds. The zero-order chi connectivity index (χ0) is 28.1. The van der Waals surface area contributed by atoms with Crippen LogP contribution >= 0.6 is 0 Å². The van der Waals surface area contributed by atoms with Gasteiger partial charge in [0.15, 0.2) is 17.7 Å². The maximum atomic E-state index is 12.5. The van der Waals surface area contributed by atoms with Crippen LogP contribution in [-0.2, 0) is 16.0 Å². The second-order valence-electron chi connectivity index (χ2n) is 10.1. The number of ether oxygens (including phenoxy) is 2. The number of unbranched alkanes of at least 4 members (excludes halogenated alkanes) is 1. The summed E-state index contributed by atoms with van der Waals surface area (Å²) in [5, 5.41) is 21.3. The van der Waals surface area contributed by atoms with Crippen molar-refractivity contribution in [3.05, 3.63) is 72.8 Å². The summed E-state index contributed by atoms with van der Waals surface area (Å²) in [5.41, 5.74) is 7.66. The lowest BCUT2D eigenvalue weighted by Gasteiger charge is -2.22. The van der Waals surface area contributed by atoms with Crippen LogP contribution in [0, 0.1) is 0 Å². The Hall–Kier alpha value is -3.90. The smallest absolute Gasteiger partial charge is 0.167 e. The summed E-state index contributed by atoms with van der Waals surface area (Å²) in [6.07, 6.45) is 1.61. The first-order valence-corrected chi connectivity index (χ1v) is 13.4. The fraction of sp³-hybridized carbons (Fsp3) is 0.379. The molecule has 1 saturated heterocycles. The van der Waals surface area contributed by atoms with Crippen molar-refractivity contribution in [1.29, 1.82) is 0 Å². The molecule has 11 heteroatoms. The summed E-state index contributed by atoms with van der Waals surface area (Å²) < 4.78 is 13.4. The number of nitrogen functional groups attached to an aromatic ring is 1. The number of carbonyl (C=O) groups excluding carboxylic acids is 1. The summed E-state index contributed by atoms with van der Waals surface area (Å²) in [7, 11) is 1.93. The van der Waals surface area contributed by atoms with Crippen LogP contribution in [-0.4, -0.2) is 78.9 Å². The van der Waals surface area contributed by atoms with E-state index in [9.17, 15) is 15.0 Å². The standard InChI is InChI=1S/C29H34N6O5/c1-34(16-23-25(37)26(38)29(40-23)35-18-33-24-27(30)31-17-32-28(24)35)14-6-5-7-20(36)15-19-10-12-22(13-11-19)39-21-8-3-2-4-9-21/h2-4,8-13,17-18,23,25-26,29,37-38H,5-7,14-16H2,1H3,(H2,30,31,32)/t23-,25-,26-,29-/m1/s1. The Balaban J connectivity index is 1.03. The molecule has 210 valence electrons. The number of hydrogen-bond donors (Lipinski definition) is 3. The maximum absolute atomic E-state index is 12.5. The Bertz CT molecular complexity index is 1410. The minimum absolute atomic E-state index is 0.192. The number of nitrogens with two attached hydrogens (primary N) is 1. The van der Waals surface area contributed by atoms with E-state index in [0.29, 0.717) is 30.6 Å². The lowest BCUT2D eigenvalue weighted by molar-refractivity contribution is -0.118. The number of aliphatic hydroxyl groups is 2. The number of carbonyl (C=O) groups is 1. The number of aromatic nitrogens is 4. The topological polar surface area (TPSA) is 149 Å². The number of anilines is 1. The van der Waals surface area contributed by atoms with Gasteiger partial charge in [-0.15, -0.1) is 0 Å². The van der Waals surface area contributed by atoms with Crippen molar-refractivity contribution in [3.8, 4) is 11.5 Å². The molecule has 1 aliphatic rings. The molecule has 0 unspecified atom stereocenters. The average Bonchev–Trinajstić information content (AvgIpc) is 3.50. The average molecular weight is 547 g/mol. The van der Waals surface area contributed by atoms with Crippen molar-refractivity contribution in [3.63, 3.8) is 0 Å². The molecule has 1 aliphatic heterocycles. The number of nitrogens with zero attached hydrogens (tertiary/aromatic N) is 5. The molecule has 40 heavy (non-hydrogen) atoms. The number of Topliss-reactive ketones (excluding diaryl/α,β-unsaturated/α-hetero) is 1. The van der Waals surface area contributed by atoms with Crippen LogP contribution in [0.5, 0.6) is 11.5 Å². The third-order valence-electron chi connectivity index (χ3n) is 7.04. The SMILES string of the molecule is CN(CCCCC(=O)Cc1ccc(Oc2ccccc2)cc1)C[C@H]1O[C@@H](n2cnc3c(N)ncnc32)[C@H](O)[C@@H]1O. The van der Waals surface area contributed by atoms with Crippen LogP contribution in [0.2, 0.25) is 0 Å². The van der Waals surface area contributed by atoms with Gasteiger partial charge in [-0.1, -0.05) is 30.3 Å². The van der Waals surface area contributed by atoms with E-state index < -0.39 is 24.5 Å². The van der Waals surface area contributed by atoms with Crippen LogP contribution in [0.1, 0.15) is 31.1 Å². The zero-order valence-corrected chi connectivity index (χ0v) is 22.3. The molecule has 4 N–H and O–H groups in total. The lowest BCUT2D eigenvalue weighted by atomic mass is 10.0. The zero-order valence-electron chi connectivity index (χ0n) is 22.3. The van der Waals surface area contributed by atoms with Gasteiger partial charge < -0.3 is 30.3 Å². The minimum atomic E-state index is -1.15. The summed E-state index contributed by atoms with van der Waals surface area (Å²) in [6.45, 7) is 1.15. The minimum Gasteiger partial charge on any atom is -0.457 e. The largest absolute Gasteiger partial charge is 0.457 e. The quantitative estimate of drug-likeness (QED) is 0.226. The van der Waals surface area contributed by atoms with Crippen molar-refractivity contribution in [2.45, 2.75) is 50.2 Å². The number of ketones is 1. The van der Waals surface area contributed by atoms with Crippen LogP contribution in [0.15, 0.2) is 67.3 Å². The molecule has 11 nitrogen and oxygen atoms in total. The van der Waals surface area contributed by atoms with E-state index in [1.54, 1.807) is 4.57 Å². The number of fused-ring (bicyclic) bond motifs is 1. The highest BCUT2D eigenvalue weighted by molar-refractivity contribution is 5.81. The fourth-order valence-corrected chi connectivity index (χ4v) is 4.88. The molecule has 2 aromatic heterocycles. The highest BCUT2D eigenvalue weighted by atomic mass is 16.6. The van der Waals surface area contributed by atoms with Gasteiger partial charge in [-0.2, -0.15) is 0 Å². The van der Waals surface area contributed by atoms with Gasteiger partial charge in [-0.25, -0.2) is 15.0 Å². The summed E-state index contributed by atoms with van der Waals surface area (Å²) in [4.78, 5) is 26.9. The molecule has 0 aliphatic carbocycles. The Morgan fingerprint density at radius 3 is 2.55 bits per heavy atom. The van der Waals surface area contributed by atoms with E-state index in [0.717, 1.165) is 36.4 Å². The van der Waals surface area contributed by atoms with Crippen LogP contribution in [0.4, 0.5) is 5.82 Å². The molecule has 1 fully saturated rings. The highest BCUT2D eigenvalue weighted by Crippen LogP contribution is 2.32. The van der Waals surface area contributed by atoms with Crippen molar-refractivity contribution < 1.29 is 24.5 Å². The molecule has 5 rings (SSSR count). The number of para-hydroxylation sites is 1. The Labute approximate surface area is 232 Å². The van der Waals surface area contributed by atoms with Gasteiger partial charge in [0, 0.05) is 19.4 Å². The van der Waals surface area contributed by atoms with E-state index in [1.807, 2.05) is 66.5 Å². The summed E-state index contributed by atoms with van der Waals surface area (Å²) >= 11 is 0. The second kappa shape index (κ2) is 12.5. The molecule has 0 saturated carbocycles. The van der Waals surface area contributed by atoms with Crippen LogP contribution in [0.25, 0.3) is 11.2 Å². The molecule has 4 aromatic rings. The van der Waals surface area contributed by atoms with E-state index in [1.165, 1.54) is 12.7 Å². The third kappa shape index (κ3) is 6.45. The molecular formula is C29H34N6O5. The maximum Gasteiger partial charge on any atom is 0.167 e. The Morgan fingerprint density at radius 1 is 1.02 bits per heavy atom. The monoisotopic (exact) mass is 546 g/mol. The Kier molecular flexibility index (Phi) is 8.66. The molecule has 3 heterocycles. The number of rotatable bonds is 12. The van der Waals surface area contributed by atoms with Crippen molar-refractivity contribution >= 4 is 22.8 Å². The number of hydrogen-bond acceptors (Lipinski definition) is 10. The first-order valence-electron chi connectivity index (χ1n) is 13.4. The van der Waals surface area contributed by atoms with E-state index in [4.69, 9.17) is 15.2 Å². The number of likely N-dealkylation sites (N-methyl/N-ethyl adjacent to an activating group) is 1. The predicted molar refractivity (Wildman–Crippen MR) is 149 cm³/mol. The van der Waals surface area contributed by atoms with Crippen molar-refractivity contribution in [2.75, 3.05) is 25.9 Å². The van der Waals surface area contributed by atoms with E-state index in [2.05, 4.69) is 15.0 Å². The number of aliphatic hydroxyl groups excluding tert-OH is 2. The van der Waals surface area contributed by atoms with Gasteiger partial charge in [0.05, 0.1) is 6.33 Å². The van der Waals surface area contributed by atoms with Gasteiger partial charge in [-0.3, -0.25) is 9.36 Å². The van der Waals surface area contributed by atoms with Gasteiger partial charge in [0.25, 0.3) is 0 Å². The van der Waals surface area contributed by atoms with Crippen molar-refractivity contribution in [2.24, 2.45) is 0 Å².